The zero-order valence-electron chi connectivity index (χ0n) is 14.0. The Morgan fingerprint density at radius 3 is 2.43 bits per heavy atom. The van der Waals surface area contributed by atoms with Crippen molar-refractivity contribution >= 4 is 6.09 Å². The van der Waals surface area contributed by atoms with Gasteiger partial charge in [-0.2, -0.15) is 0 Å². The molecule has 2 saturated heterocycles. The molecule has 0 spiro atoms. The summed E-state index contributed by atoms with van der Waals surface area (Å²) in [6.45, 7) is 9.64. The lowest BCUT2D eigenvalue weighted by Gasteiger charge is -2.29. The number of amides is 1. The third-order valence-corrected chi connectivity index (χ3v) is 4.19. The van der Waals surface area contributed by atoms with E-state index < -0.39 is 5.60 Å². The molecular formula is C16H31N3O2. The largest absolute Gasteiger partial charge is 0.444 e. The van der Waals surface area contributed by atoms with Crippen molar-refractivity contribution in [3.05, 3.63) is 0 Å². The fourth-order valence-electron chi connectivity index (χ4n) is 3.17. The Morgan fingerprint density at radius 2 is 1.81 bits per heavy atom. The van der Waals surface area contributed by atoms with Gasteiger partial charge in [0.05, 0.1) is 0 Å². The van der Waals surface area contributed by atoms with E-state index in [4.69, 9.17) is 4.74 Å². The van der Waals surface area contributed by atoms with Crippen LogP contribution in [0.1, 0.15) is 46.5 Å². The zero-order valence-corrected chi connectivity index (χ0v) is 14.0. The van der Waals surface area contributed by atoms with Gasteiger partial charge in [0.15, 0.2) is 0 Å². The highest BCUT2D eigenvalue weighted by Crippen LogP contribution is 2.17. The molecule has 1 N–H and O–H groups in total. The van der Waals surface area contributed by atoms with E-state index in [2.05, 4.69) is 17.3 Å². The monoisotopic (exact) mass is 297 g/mol. The molecule has 2 aliphatic heterocycles. The van der Waals surface area contributed by atoms with E-state index in [-0.39, 0.29) is 6.09 Å². The van der Waals surface area contributed by atoms with Crippen molar-refractivity contribution in [2.75, 3.05) is 33.2 Å². The molecule has 0 saturated carbocycles. The average molecular weight is 297 g/mol. The number of rotatable bonds is 2. The molecule has 0 aromatic rings. The van der Waals surface area contributed by atoms with E-state index in [0.717, 1.165) is 32.5 Å². The minimum absolute atomic E-state index is 0.167. The van der Waals surface area contributed by atoms with E-state index in [1.54, 1.807) is 0 Å². The summed E-state index contributed by atoms with van der Waals surface area (Å²) in [6.07, 6.45) is 4.44. The molecule has 2 unspecified atom stereocenters. The van der Waals surface area contributed by atoms with Crippen LogP contribution < -0.4 is 5.32 Å². The minimum Gasteiger partial charge on any atom is -0.444 e. The summed E-state index contributed by atoms with van der Waals surface area (Å²) in [5.41, 5.74) is -0.416. The Labute approximate surface area is 129 Å². The van der Waals surface area contributed by atoms with E-state index in [0.29, 0.717) is 12.1 Å². The van der Waals surface area contributed by atoms with Gasteiger partial charge in [0.25, 0.3) is 0 Å². The van der Waals surface area contributed by atoms with Crippen LogP contribution in [0.15, 0.2) is 0 Å². The van der Waals surface area contributed by atoms with Crippen molar-refractivity contribution in [1.82, 2.24) is 15.1 Å². The Morgan fingerprint density at radius 1 is 1.10 bits per heavy atom. The van der Waals surface area contributed by atoms with Crippen LogP contribution in [0.3, 0.4) is 0 Å². The maximum Gasteiger partial charge on any atom is 0.410 e. The van der Waals surface area contributed by atoms with Crippen LogP contribution in [0, 0.1) is 0 Å². The number of carbonyl (C=O) groups is 1. The lowest BCUT2D eigenvalue weighted by Crippen LogP contribution is -2.47. The minimum atomic E-state index is -0.416. The van der Waals surface area contributed by atoms with Gasteiger partial charge in [-0.3, -0.25) is 0 Å². The molecule has 2 heterocycles. The van der Waals surface area contributed by atoms with Gasteiger partial charge in [-0.15, -0.1) is 0 Å². The first-order chi connectivity index (χ1) is 9.83. The number of ether oxygens (including phenoxy) is 1. The number of hydrogen-bond acceptors (Lipinski definition) is 4. The maximum atomic E-state index is 12.3. The van der Waals surface area contributed by atoms with Crippen LogP contribution in [0.4, 0.5) is 4.79 Å². The zero-order chi connectivity index (χ0) is 15.5. The molecule has 2 fully saturated rings. The summed E-state index contributed by atoms with van der Waals surface area (Å²) in [7, 11) is 2.17. The lowest BCUT2D eigenvalue weighted by atomic mass is 10.1. The van der Waals surface area contributed by atoms with E-state index in [1.807, 2.05) is 25.7 Å². The first-order valence-corrected chi connectivity index (χ1v) is 8.26. The number of likely N-dealkylation sites (N-methyl/N-ethyl adjacent to an activating group) is 1. The molecule has 122 valence electrons. The normalized spacial score (nSPS) is 28.5. The van der Waals surface area contributed by atoms with Gasteiger partial charge in [0, 0.05) is 31.7 Å². The Balaban J connectivity index is 1.87. The second kappa shape index (κ2) is 6.97. The van der Waals surface area contributed by atoms with Crippen LogP contribution in [-0.4, -0.2) is 66.8 Å². The van der Waals surface area contributed by atoms with Crippen LogP contribution >= 0.6 is 0 Å². The van der Waals surface area contributed by atoms with E-state index >= 15 is 0 Å². The summed E-state index contributed by atoms with van der Waals surface area (Å²) in [5.74, 6) is 0. The Bertz CT molecular complexity index is 354. The van der Waals surface area contributed by atoms with Crippen LogP contribution in [0.2, 0.25) is 0 Å². The number of nitrogens with zero attached hydrogens (tertiary/aromatic N) is 2. The van der Waals surface area contributed by atoms with Gasteiger partial charge >= 0.3 is 6.09 Å². The third-order valence-electron chi connectivity index (χ3n) is 4.19. The molecule has 0 radical (unpaired) electrons. The number of likely N-dealkylation sites (tertiary alicyclic amines) is 2. The van der Waals surface area contributed by atoms with Crippen molar-refractivity contribution in [3.8, 4) is 0 Å². The molecule has 5 nitrogen and oxygen atoms in total. The number of hydrogen-bond donors (Lipinski definition) is 1. The molecule has 21 heavy (non-hydrogen) atoms. The first-order valence-electron chi connectivity index (χ1n) is 8.26. The quantitative estimate of drug-likeness (QED) is 0.847. The third kappa shape index (κ3) is 5.47. The smallest absolute Gasteiger partial charge is 0.410 e. The van der Waals surface area contributed by atoms with Gasteiger partial charge in [-0.1, -0.05) is 6.42 Å². The summed E-state index contributed by atoms with van der Waals surface area (Å²) in [4.78, 5) is 16.5. The van der Waals surface area contributed by atoms with Gasteiger partial charge in [0.1, 0.15) is 5.60 Å². The molecule has 5 heteroatoms. The second-order valence-electron chi connectivity index (χ2n) is 7.53. The summed E-state index contributed by atoms with van der Waals surface area (Å²) in [6, 6.07) is 0.968. The molecule has 0 aromatic heterocycles. The van der Waals surface area contributed by atoms with Crippen molar-refractivity contribution in [1.29, 1.82) is 0 Å². The van der Waals surface area contributed by atoms with Crippen LogP contribution in [0.25, 0.3) is 0 Å². The highest BCUT2D eigenvalue weighted by molar-refractivity contribution is 5.68. The predicted molar refractivity (Wildman–Crippen MR) is 84.5 cm³/mol. The van der Waals surface area contributed by atoms with Crippen LogP contribution in [0.5, 0.6) is 0 Å². The average Bonchev–Trinajstić information content (AvgIpc) is 2.62. The van der Waals surface area contributed by atoms with Crippen molar-refractivity contribution in [3.63, 3.8) is 0 Å². The molecule has 0 aliphatic carbocycles. The summed E-state index contributed by atoms with van der Waals surface area (Å²) >= 11 is 0. The maximum absolute atomic E-state index is 12.3. The molecule has 2 rings (SSSR count). The van der Waals surface area contributed by atoms with Crippen molar-refractivity contribution in [2.24, 2.45) is 0 Å². The standard InChI is InChI=1S/C16H31N3O2/c1-16(2,3)21-15(20)19-9-6-5-7-13(12-19)17-14-8-10-18(4)11-14/h13-14,17H,5-12H2,1-4H3. The van der Waals surface area contributed by atoms with Crippen LogP contribution in [-0.2, 0) is 4.74 Å². The molecular weight excluding hydrogens is 266 g/mol. The summed E-state index contributed by atoms with van der Waals surface area (Å²) < 4.78 is 5.52. The molecule has 0 bridgehead atoms. The molecule has 1 amide bonds. The van der Waals surface area contributed by atoms with Gasteiger partial charge in [0.2, 0.25) is 0 Å². The fourth-order valence-corrected chi connectivity index (χ4v) is 3.17. The summed E-state index contributed by atoms with van der Waals surface area (Å²) in [5, 5.41) is 3.74. The highest BCUT2D eigenvalue weighted by atomic mass is 16.6. The Kier molecular flexibility index (Phi) is 5.49. The number of carbonyl (C=O) groups excluding carboxylic acids is 1. The molecule has 0 aromatic carbocycles. The number of nitrogens with one attached hydrogen (secondary N) is 1. The van der Waals surface area contributed by atoms with E-state index in [1.165, 1.54) is 19.4 Å². The first kappa shape index (κ1) is 16.6. The van der Waals surface area contributed by atoms with Gasteiger partial charge in [-0.25, -0.2) is 4.79 Å². The SMILES string of the molecule is CN1CCC(NC2CCCCN(C(=O)OC(C)(C)C)C2)C1. The second-order valence-corrected chi connectivity index (χ2v) is 7.53. The highest BCUT2D eigenvalue weighted by Gasteiger charge is 2.28. The molecule has 2 aliphatic rings. The Hall–Kier alpha value is -0.810. The fraction of sp³-hybridized carbons (Fsp3) is 0.938. The lowest BCUT2D eigenvalue weighted by molar-refractivity contribution is 0.0242. The van der Waals surface area contributed by atoms with Crippen molar-refractivity contribution in [2.45, 2.75) is 64.1 Å². The van der Waals surface area contributed by atoms with E-state index in [9.17, 15) is 4.79 Å². The van der Waals surface area contributed by atoms with Crippen molar-refractivity contribution < 1.29 is 9.53 Å². The van der Waals surface area contributed by atoms with Gasteiger partial charge in [-0.05, 0) is 53.6 Å². The predicted octanol–water partition coefficient (Wildman–Crippen LogP) is 2.07. The topological polar surface area (TPSA) is 44.8 Å². The van der Waals surface area contributed by atoms with Gasteiger partial charge < -0.3 is 19.9 Å². The molecule has 2 atom stereocenters.